The van der Waals surface area contributed by atoms with Gasteiger partial charge >= 0.3 is 0 Å². The lowest BCUT2D eigenvalue weighted by atomic mass is 9.67. The van der Waals surface area contributed by atoms with E-state index in [0.29, 0.717) is 17.4 Å². The zero-order valence-corrected chi connectivity index (χ0v) is 13.0. The second-order valence-electron chi connectivity index (χ2n) is 6.41. The van der Waals surface area contributed by atoms with Gasteiger partial charge in [-0.3, -0.25) is 4.79 Å². The van der Waals surface area contributed by atoms with Crippen LogP contribution in [0.15, 0.2) is 24.3 Å². The minimum Gasteiger partial charge on any atom is -0.488 e. The summed E-state index contributed by atoms with van der Waals surface area (Å²) in [6, 6.07) is 6.58. The number of nitrogens with one attached hydrogen (secondary N) is 2. The molecule has 6 heteroatoms. The van der Waals surface area contributed by atoms with E-state index >= 15 is 0 Å². The first-order valence-electron chi connectivity index (χ1n) is 8.13. The second-order valence-corrected chi connectivity index (χ2v) is 6.41. The largest absolute Gasteiger partial charge is 0.488 e. The van der Waals surface area contributed by atoms with Crippen LogP contribution in [0.2, 0.25) is 0 Å². The Labute approximate surface area is 134 Å². The van der Waals surface area contributed by atoms with Gasteiger partial charge in [-0.25, -0.2) is 8.78 Å². The van der Waals surface area contributed by atoms with Crippen molar-refractivity contribution in [3.8, 4) is 5.75 Å². The van der Waals surface area contributed by atoms with Crippen molar-refractivity contribution in [2.24, 2.45) is 11.3 Å². The van der Waals surface area contributed by atoms with E-state index in [2.05, 4.69) is 10.6 Å². The Morgan fingerprint density at radius 1 is 1.35 bits per heavy atom. The standard InChI is InChI=1S/C17H22F2N2O2/c18-15(19)10-23-14-6-4-13(5-7-14)21-16(22)17-8-2-1-3-12(17)9-20-11-17/h4-7,12,15,20H,1-3,8-11H2,(H,21,22)/t12-,17+/m0/s1. The van der Waals surface area contributed by atoms with E-state index in [1.165, 1.54) is 6.42 Å². The number of rotatable bonds is 5. The van der Waals surface area contributed by atoms with Gasteiger partial charge in [0.2, 0.25) is 5.91 Å². The van der Waals surface area contributed by atoms with Crippen LogP contribution >= 0.6 is 0 Å². The van der Waals surface area contributed by atoms with Gasteiger partial charge in [0.15, 0.2) is 0 Å². The highest BCUT2D eigenvalue weighted by atomic mass is 19.3. The molecule has 1 heterocycles. The first-order valence-corrected chi connectivity index (χ1v) is 8.13. The van der Waals surface area contributed by atoms with E-state index in [1.54, 1.807) is 24.3 Å². The quantitative estimate of drug-likeness (QED) is 0.875. The highest BCUT2D eigenvalue weighted by Crippen LogP contribution is 2.44. The van der Waals surface area contributed by atoms with Crippen molar-refractivity contribution in [3.63, 3.8) is 0 Å². The van der Waals surface area contributed by atoms with Gasteiger partial charge in [-0.2, -0.15) is 0 Å². The Kier molecular flexibility index (Phi) is 4.80. The average molecular weight is 324 g/mol. The summed E-state index contributed by atoms with van der Waals surface area (Å²) in [5.74, 6) is 0.845. The average Bonchev–Trinajstić information content (AvgIpc) is 2.99. The Morgan fingerprint density at radius 2 is 2.13 bits per heavy atom. The lowest BCUT2D eigenvalue weighted by molar-refractivity contribution is -0.128. The van der Waals surface area contributed by atoms with Gasteiger partial charge in [-0.05, 0) is 49.6 Å². The Bertz CT molecular complexity index is 550. The lowest BCUT2D eigenvalue weighted by Crippen LogP contribution is -2.44. The van der Waals surface area contributed by atoms with Crippen molar-refractivity contribution in [3.05, 3.63) is 24.3 Å². The van der Waals surface area contributed by atoms with E-state index in [0.717, 1.165) is 32.4 Å². The zero-order valence-electron chi connectivity index (χ0n) is 13.0. The maximum Gasteiger partial charge on any atom is 0.272 e. The molecule has 1 saturated heterocycles. The van der Waals surface area contributed by atoms with Crippen molar-refractivity contribution < 1.29 is 18.3 Å². The Morgan fingerprint density at radius 3 is 2.87 bits per heavy atom. The summed E-state index contributed by atoms with van der Waals surface area (Å²) in [6.07, 6.45) is 1.81. The summed E-state index contributed by atoms with van der Waals surface area (Å²) in [5.41, 5.74) is 0.369. The van der Waals surface area contributed by atoms with Gasteiger partial charge in [0.25, 0.3) is 6.43 Å². The highest BCUT2D eigenvalue weighted by Gasteiger charge is 2.49. The normalized spacial score (nSPS) is 26.8. The number of carbonyl (C=O) groups is 1. The van der Waals surface area contributed by atoms with Gasteiger partial charge in [0.1, 0.15) is 12.4 Å². The van der Waals surface area contributed by atoms with Crippen molar-refractivity contribution in [1.82, 2.24) is 5.32 Å². The molecule has 1 aromatic rings. The van der Waals surface area contributed by atoms with Gasteiger partial charge in [-0.1, -0.05) is 12.8 Å². The molecule has 2 N–H and O–H groups in total. The Hall–Kier alpha value is -1.69. The summed E-state index contributed by atoms with van der Waals surface area (Å²) in [5, 5.41) is 6.34. The summed E-state index contributed by atoms with van der Waals surface area (Å²) >= 11 is 0. The minimum absolute atomic E-state index is 0.0634. The zero-order chi connectivity index (χ0) is 16.3. The molecule has 0 radical (unpaired) electrons. The van der Waals surface area contributed by atoms with Gasteiger partial charge in [-0.15, -0.1) is 0 Å². The van der Waals surface area contributed by atoms with Crippen LogP contribution in [-0.2, 0) is 4.79 Å². The van der Waals surface area contributed by atoms with Crippen LogP contribution in [0.3, 0.4) is 0 Å². The minimum atomic E-state index is -2.49. The molecule has 126 valence electrons. The molecule has 0 bridgehead atoms. The molecule has 0 unspecified atom stereocenters. The fraction of sp³-hybridized carbons (Fsp3) is 0.588. The van der Waals surface area contributed by atoms with E-state index < -0.39 is 13.0 Å². The topological polar surface area (TPSA) is 50.4 Å². The predicted octanol–water partition coefficient (Wildman–Crippen LogP) is 3.05. The maximum atomic E-state index is 12.8. The summed E-state index contributed by atoms with van der Waals surface area (Å²) < 4.78 is 29.2. The summed E-state index contributed by atoms with van der Waals surface area (Å²) in [4.78, 5) is 12.8. The number of halogens is 2. The van der Waals surface area contributed by atoms with Crippen LogP contribution in [0.1, 0.15) is 25.7 Å². The van der Waals surface area contributed by atoms with E-state index in [9.17, 15) is 13.6 Å². The molecule has 1 aromatic carbocycles. The van der Waals surface area contributed by atoms with E-state index in [-0.39, 0.29) is 11.3 Å². The molecular weight excluding hydrogens is 302 g/mol. The van der Waals surface area contributed by atoms with E-state index in [1.807, 2.05) is 0 Å². The smallest absolute Gasteiger partial charge is 0.272 e. The molecule has 23 heavy (non-hydrogen) atoms. The number of benzene rings is 1. The second kappa shape index (κ2) is 6.83. The molecule has 4 nitrogen and oxygen atoms in total. The fourth-order valence-electron chi connectivity index (χ4n) is 3.74. The lowest BCUT2D eigenvalue weighted by Gasteiger charge is -2.37. The number of carbonyl (C=O) groups excluding carboxylic acids is 1. The Balaban J connectivity index is 1.63. The number of amides is 1. The maximum absolute atomic E-state index is 12.8. The molecule has 3 rings (SSSR count). The predicted molar refractivity (Wildman–Crippen MR) is 83.8 cm³/mol. The first-order chi connectivity index (χ1) is 11.1. The number of alkyl halides is 2. The van der Waals surface area contributed by atoms with Crippen LogP contribution in [0, 0.1) is 11.3 Å². The summed E-state index contributed by atoms with van der Waals surface area (Å²) in [6.45, 7) is 1.02. The van der Waals surface area contributed by atoms with Crippen LogP contribution in [-0.4, -0.2) is 32.0 Å². The van der Waals surface area contributed by atoms with Crippen LogP contribution < -0.4 is 15.4 Å². The summed E-state index contributed by atoms with van der Waals surface area (Å²) in [7, 11) is 0. The molecule has 1 aliphatic heterocycles. The first kappa shape index (κ1) is 16.2. The molecule has 1 saturated carbocycles. The molecule has 2 atom stereocenters. The van der Waals surface area contributed by atoms with Crippen LogP contribution in [0.25, 0.3) is 0 Å². The van der Waals surface area contributed by atoms with Crippen LogP contribution in [0.5, 0.6) is 5.75 Å². The molecule has 0 spiro atoms. The third-order valence-electron chi connectivity index (χ3n) is 4.98. The molecule has 2 fully saturated rings. The number of hydrogen-bond acceptors (Lipinski definition) is 3. The fourth-order valence-corrected chi connectivity index (χ4v) is 3.74. The van der Waals surface area contributed by atoms with Gasteiger partial charge in [0.05, 0.1) is 5.41 Å². The number of fused-ring (bicyclic) bond motifs is 1. The number of hydrogen-bond donors (Lipinski definition) is 2. The van der Waals surface area contributed by atoms with Crippen molar-refractivity contribution in [2.75, 3.05) is 25.0 Å². The SMILES string of the molecule is O=C(Nc1ccc(OCC(F)F)cc1)[C@@]12CCCC[C@H]1CNC2. The van der Waals surface area contributed by atoms with Gasteiger partial charge in [0, 0.05) is 12.2 Å². The molecule has 1 aliphatic carbocycles. The van der Waals surface area contributed by atoms with Crippen molar-refractivity contribution in [2.45, 2.75) is 32.1 Å². The third kappa shape index (κ3) is 3.47. The van der Waals surface area contributed by atoms with Gasteiger partial charge < -0.3 is 15.4 Å². The number of ether oxygens (including phenoxy) is 1. The third-order valence-corrected chi connectivity index (χ3v) is 4.98. The van der Waals surface area contributed by atoms with Crippen molar-refractivity contribution >= 4 is 11.6 Å². The highest BCUT2D eigenvalue weighted by molar-refractivity contribution is 5.96. The molecule has 2 aliphatic rings. The molecular formula is C17H22F2N2O2. The van der Waals surface area contributed by atoms with Crippen LogP contribution in [0.4, 0.5) is 14.5 Å². The molecule has 1 amide bonds. The van der Waals surface area contributed by atoms with E-state index in [4.69, 9.17) is 4.74 Å². The molecule has 0 aromatic heterocycles. The monoisotopic (exact) mass is 324 g/mol. The number of anilines is 1. The van der Waals surface area contributed by atoms with Crippen molar-refractivity contribution in [1.29, 1.82) is 0 Å².